The van der Waals surface area contributed by atoms with Gasteiger partial charge in [0.15, 0.2) is 0 Å². The molecule has 3 nitrogen and oxygen atoms in total. The van der Waals surface area contributed by atoms with Crippen LogP contribution in [0.2, 0.25) is 0 Å². The topological polar surface area (TPSA) is 41.1 Å². The largest absolute Gasteiger partial charge is 0.356 e. The molecular weight excluding hydrogens is 260 g/mol. The molecule has 19 heavy (non-hydrogen) atoms. The van der Waals surface area contributed by atoms with Crippen molar-refractivity contribution in [2.75, 3.05) is 19.6 Å². The Balaban J connectivity index is 0.00000180. The summed E-state index contributed by atoms with van der Waals surface area (Å²) >= 11 is 0. The summed E-state index contributed by atoms with van der Waals surface area (Å²) in [4.78, 5) is 11.9. The van der Waals surface area contributed by atoms with Gasteiger partial charge in [-0.2, -0.15) is 0 Å². The minimum absolute atomic E-state index is 0. The Morgan fingerprint density at radius 1 is 1.42 bits per heavy atom. The van der Waals surface area contributed by atoms with Crippen molar-refractivity contribution in [1.82, 2.24) is 10.6 Å². The first-order chi connectivity index (χ1) is 8.66. The maximum absolute atomic E-state index is 11.9. The van der Waals surface area contributed by atoms with Gasteiger partial charge in [-0.1, -0.05) is 31.2 Å². The fourth-order valence-corrected chi connectivity index (χ4v) is 2.35. The lowest BCUT2D eigenvalue weighted by atomic mass is 9.93. The molecule has 0 spiro atoms. The van der Waals surface area contributed by atoms with E-state index in [-0.39, 0.29) is 24.2 Å². The number of aryl methyl sites for hydroxylation is 1. The van der Waals surface area contributed by atoms with Crippen LogP contribution in [0.25, 0.3) is 0 Å². The third kappa shape index (κ3) is 4.51. The molecule has 0 saturated carbocycles. The van der Waals surface area contributed by atoms with Crippen LogP contribution in [-0.2, 0) is 4.79 Å². The van der Waals surface area contributed by atoms with Gasteiger partial charge in [0.2, 0.25) is 5.91 Å². The van der Waals surface area contributed by atoms with Crippen molar-refractivity contribution < 1.29 is 4.79 Å². The third-order valence-corrected chi connectivity index (χ3v) is 3.66. The lowest BCUT2D eigenvalue weighted by Gasteiger charge is -2.27. The van der Waals surface area contributed by atoms with Crippen molar-refractivity contribution in [3.63, 3.8) is 0 Å². The molecule has 2 N–H and O–H groups in total. The summed E-state index contributed by atoms with van der Waals surface area (Å²) in [5.74, 6) is 1.08. The molecule has 0 radical (unpaired) electrons. The first-order valence-electron chi connectivity index (χ1n) is 6.69. The summed E-state index contributed by atoms with van der Waals surface area (Å²) in [5.41, 5.74) is 2.54. The second-order valence-corrected chi connectivity index (χ2v) is 5.29. The molecule has 1 heterocycles. The number of halogens is 1. The first kappa shape index (κ1) is 16.0. The highest BCUT2D eigenvalue weighted by atomic mass is 35.5. The monoisotopic (exact) mass is 282 g/mol. The van der Waals surface area contributed by atoms with E-state index in [9.17, 15) is 4.79 Å². The number of hydrogen-bond acceptors (Lipinski definition) is 2. The highest BCUT2D eigenvalue weighted by Crippen LogP contribution is 2.22. The van der Waals surface area contributed by atoms with Gasteiger partial charge in [-0.25, -0.2) is 0 Å². The Bertz CT molecular complexity index is 418. The predicted octanol–water partition coefficient (Wildman–Crippen LogP) is 2.25. The zero-order valence-electron chi connectivity index (χ0n) is 11.6. The van der Waals surface area contributed by atoms with Crippen LogP contribution in [-0.4, -0.2) is 25.5 Å². The minimum Gasteiger partial charge on any atom is -0.356 e. The lowest BCUT2D eigenvalue weighted by molar-refractivity contribution is -0.121. The molecule has 1 amide bonds. The van der Waals surface area contributed by atoms with E-state index in [1.165, 1.54) is 11.1 Å². The van der Waals surface area contributed by atoms with Gasteiger partial charge in [0, 0.05) is 32.0 Å². The fourth-order valence-electron chi connectivity index (χ4n) is 2.35. The van der Waals surface area contributed by atoms with Crippen molar-refractivity contribution in [3.05, 3.63) is 35.4 Å². The summed E-state index contributed by atoms with van der Waals surface area (Å²) in [7, 11) is 0. The van der Waals surface area contributed by atoms with Gasteiger partial charge in [0.25, 0.3) is 0 Å². The van der Waals surface area contributed by atoms with E-state index in [4.69, 9.17) is 0 Å². The molecule has 1 saturated heterocycles. The Hall–Kier alpha value is -1.06. The molecule has 1 aliphatic rings. The van der Waals surface area contributed by atoms with Gasteiger partial charge in [0.05, 0.1) is 0 Å². The number of amides is 1. The molecule has 2 rings (SSSR count). The molecule has 0 aromatic heterocycles. The Morgan fingerprint density at radius 2 is 2.11 bits per heavy atom. The predicted molar refractivity (Wildman–Crippen MR) is 80.8 cm³/mol. The minimum atomic E-state index is 0. The zero-order chi connectivity index (χ0) is 13.0. The molecule has 0 aliphatic carbocycles. The molecule has 1 aromatic carbocycles. The maximum Gasteiger partial charge on any atom is 0.220 e. The van der Waals surface area contributed by atoms with Crippen molar-refractivity contribution >= 4 is 18.3 Å². The van der Waals surface area contributed by atoms with Gasteiger partial charge in [0.1, 0.15) is 0 Å². The highest BCUT2D eigenvalue weighted by molar-refractivity contribution is 5.85. The van der Waals surface area contributed by atoms with Gasteiger partial charge < -0.3 is 10.6 Å². The van der Waals surface area contributed by atoms with Gasteiger partial charge >= 0.3 is 0 Å². The van der Waals surface area contributed by atoms with E-state index in [0.29, 0.717) is 12.3 Å². The van der Waals surface area contributed by atoms with E-state index >= 15 is 0 Å². The van der Waals surface area contributed by atoms with E-state index < -0.39 is 0 Å². The molecule has 0 bridgehead atoms. The van der Waals surface area contributed by atoms with Crippen LogP contribution in [0.5, 0.6) is 0 Å². The first-order valence-corrected chi connectivity index (χ1v) is 6.69. The second kappa shape index (κ2) is 7.51. The summed E-state index contributed by atoms with van der Waals surface area (Å²) in [6.07, 6.45) is 0.574. The molecule has 1 fully saturated rings. The number of benzene rings is 1. The summed E-state index contributed by atoms with van der Waals surface area (Å²) < 4.78 is 0. The summed E-state index contributed by atoms with van der Waals surface area (Å²) in [6, 6.07) is 8.29. The maximum atomic E-state index is 11.9. The molecule has 4 heteroatoms. The van der Waals surface area contributed by atoms with Crippen LogP contribution in [0.3, 0.4) is 0 Å². The van der Waals surface area contributed by atoms with Crippen LogP contribution >= 0.6 is 12.4 Å². The quantitative estimate of drug-likeness (QED) is 0.870. The molecule has 1 atom stereocenters. The lowest BCUT2D eigenvalue weighted by Crippen LogP contribution is -2.48. The van der Waals surface area contributed by atoms with Crippen LogP contribution in [0.1, 0.15) is 30.4 Å². The number of rotatable bonds is 5. The average molecular weight is 283 g/mol. The summed E-state index contributed by atoms with van der Waals surface area (Å²) in [5, 5.41) is 6.23. The van der Waals surface area contributed by atoms with Crippen molar-refractivity contribution in [2.24, 2.45) is 5.92 Å². The highest BCUT2D eigenvalue weighted by Gasteiger charge is 2.18. The van der Waals surface area contributed by atoms with E-state index in [1.54, 1.807) is 0 Å². The smallest absolute Gasteiger partial charge is 0.220 e. The zero-order valence-corrected chi connectivity index (χ0v) is 12.4. The molecule has 1 aromatic rings. The van der Waals surface area contributed by atoms with Crippen molar-refractivity contribution in [3.8, 4) is 0 Å². The Labute approximate surface area is 121 Å². The molecule has 106 valence electrons. The van der Waals surface area contributed by atoms with Crippen LogP contribution in [0, 0.1) is 12.8 Å². The molecule has 1 unspecified atom stereocenters. The summed E-state index contributed by atoms with van der Waals surface area (Å²) in [6.45, 7) is 7.10. The van der Waals surface area contributed by atoms with Crippen LogP contribution in [0.4, 0.5) is 0 Å². The third-order valence-electron chi connectivity index (χ3n) is 3.66. The van der Waals surface area contributed by atoms with E-state index in [2.05, 4.69) is 36.6 Å². The van der Waals surface area contributed by atoms with E-state index in [0.717, 1.165) is 19.6 Å². The SMILES string of the molecule is Cc1ccccc1C(C)CC(=O)NCC1CNC1.Cl. The average Bonchev–Trinajstić information content (AvgIpc) is 2.27. The second-order valence-electron chi connectivity index (χ2n) is 5.29. The van der Waals surface area contributed by atoms with Crippen LogP contribution < -0.4 is 10.6 Å². The number of hydrogen-bond donors (Lipinski definition) is 2. The van der Waals surface area contributed by atoms with Gasteiger partial charge in [-0.15, -0.1) is 12.4 Å². The van der Waals surface area contributed by atoms with Crippen molar-refractivity contribution in [1.29, 1.82) is 0 Å². The Kier molecular flexibility index (Phi) is 6.32. The van der Waals surface area contributed by atoms with Crippen LogP contribution in [0.15, 0.2) is 24.3 Å². The van der Waals surface area contributed by atoms with Crippen molar-refractivity contribution in [2.45, 2.75) is 26.2 Å². The fraction of sp³-hybridized carbons (Fsp3) is 0.533. The Morgan fingerprint density at radius 3 is 2.68 bits per heavy atom. The standard InChI is InChI=1S/C15H22N2O.ClH/c1-11-5-3-4-6-14(11)12(2)7-15(18)17-10-13-8-16-9-13;/h3-6,12-13,16H,7-10H2,1-2H3,(H,17,18);1H. The number of nitrogens with one attached hydrogen (secondary N) is 2. The van der Waals surface area contributed by atoms with Gasteiger partial charge in [-0.3, -0.25) is 4.79 Å². The molecular formula is C15H23ClN2O. The normalized spacial score (nSPS) is 16.1. The van der Waals surface area contributed by atoms with Gasteiger partial charge in [-0.05, 0) is 24.0 Å². The number of carbonyl (C=O) groups is 1. The number of carbonyl (C=O) groups excluding carboxylic acids is 1. The van der Waals surface area contributed by atoms with E-state index in [1.807, 2.05) is 12.1 Å². The molecule has 1 aliphatic heterocycles.